The van der Waals surface area contributed by atoms with Crippen molar-refractivity contribution in [1.29, 1.82) is 0 Å². The monoisotopic (exact) mass is 260 g/mol. The van der Waals surface area contributed by atoms with Crippen molar-refractivity contribution in [2.45, 2.75) is 19.8 Å². The Balaban J connectivity index is 1.97. The normalized spacial score (nSPS) is 16.9. The highest BCUT2D eigenvalue weighted by molar-refractivity contribution is 7.37. The van der Waals surface area contributed by atoms with Gasteiger partial charge < -0.3 is 4.90 Å². The van der Waals surface area contributed by atoms with Crippen LogP contribution < -0.4 is 4.90 Å². The van der Waals surface area contributed by atoms with E-state index in [0.717, 1.165) is 45.1 Å². The molecule has 2 rings (SSSR count). The summed E-state index contributed by atoms with van der Waals surface area (Å²) in [4.78, 5) is 6.91. The van der Waals surface area contributed by atoms with Crippen molar-refractivity contribution in [1.82, 2.24) is 4.98 Å². The molecule has 1 aliphatic rings. The molecule has 1 saturated heterocycles. The number of pyridine rings is 1. The molecule has 1 atom stereocenters. The maximum Gasteiger partial charge on any atom is 0.128 e. The number of piperidine rings is 1. The Labute approximate surface area is 112 Å². The summed E-state index contributed by atoms with van der Waals surface area (Å²) < 4.78 is 0. The Bertz CT molecular complexity index is 422. The van der Waals surface area contributed by atoms with Crippen LogP contribution >= 0.6 is 8.58 Å². The first-order chi connectivity index (χ1) is 8.79. The molecule has 0 aromatic carbocycles. The molecule has 2 heterocycles. The van der Waals surface area contributed by atoms with E-state index in [1.54, 1.807) is 0 Å². The first-order valence-electron chi connectivity index (χ1n) is 6.64. The third-order valence-electron chi connectivity index (χ3n) is 3.35. The molecule has 0 amide bonds. The maximum atomic E-state index is 4.53. The minimum absolute atomic E-state index is 0.862. The lowest BCUT2D eigenvalue weighted by Gasteiger charge is -2.31. The van der Waals surface area contributed by atoms with Crippen LogP contribution in [0.4, 0.5) is 5.82 Å². The second-order valence-electron chi connectivity index (χ2n) is 4.91. The largest absolute Gasteiger partial charge is 0.357 e. The van der Waals surface area contributed by atoms with Gasteiger partial charge in [-0.3, -0.25) is 0 Å². The van der Waals surface area contributed by atoms with Crippen molar-refractivity contribution in [2.24, 2.45) is 5.92 Å². The lowest BCUT2D eigenvalue weighted by molar-refractivity contribution is 0.436. The fourth-order valence-corrected chi connectivity index (χ4v) is 2.38. The van der Waals surface area contributed by atoms with Gasteiger partial charge in [0.25, 0.3) is 0 Å². The zero-order valence-corrected chi connectivity index (χ0v) is 12.2. The summed E-state index contributed by atoms with van der Waals surface area (Å²) in [5.41, 5.74) is 1.03. The highest BCUT2D eigenvalue weighted by atomic mass is 31.1. The van der Waals surface area contributed by atoms with Gasteiger partial charge in [0.15, 0.2) is 0 Å². The minimum Gasteiger partial charge on any atom is -0.357 e. The maximum absolute atomic E-state index is 4.53. The molecule has 0 aliphatic carbocycles. The lowest BCUT2D eigenvalue weighted by Crippen LogP contribution is -2.33. The third-order valence-corrected chi connectivity index (χ3v) is 3.88. The quantitative estimate of drug-likeness (QED) is 0.600. The molecule has 0 radical (unpaired) electrons. The molecule has 1 aliphatic heterocycles. The van der Waals surface area contributed by atoms with Gasteiger partial charge in [0.2, 0.25) is 0 Å². The SMILES string of the molecule is CPCC#Cc1ccc(N2CCC(C)CC2)nc1. The zero-order chi connectivity index (χ0) is 12.8. The van der Waals surface area contributed by atoms with Crippen LogP contribution in [-0.4, -0.2) is 30.9 Å². The predicted octanol–water partition coefficient (Wildman–Crippen LogP) is 2.98. The standard InChI is InChI=1S/C15H21N2P/c1-13-7-9-17(10-8-13)15-6-5-14(12-16-15)4-3-11-18-2/h5-6,12-13,18H,7-11H2,1-2H3. The molecule has 0 spiro atoms. The van der Waals surface area contributed by atoms with Gasteiger partial charge in [-0.25, -0.2) is 4.98 Å². The van der Waals surface area contributed by atoms with Gasteiger partial charge in [0, 0.05) is 31.0 Å². The van der Waals surface area contributed by atoms with E-state index >= 15 is 0 Å². The molecule has 1 fully saturated rings. The van der Waals surface area contributed by atoms with Crippen molar-refractivity contribution in [3.63, 3.8) is 0 Å². The Hall–Kier alpha value is -1.06. The van der Waals surface area contributed by atoms with Gasteiger partial charge in [-0.1, -0.05) is 18.8 Å². The highest BCUT2D eigenvalue weighted by Crippen LogP contribution is 2.21. The van der Waals surface area contributed by atoms with Gasteiger partial charge in [-0.2, -0.15) is 0 Å². The molecule has 3 heteroatoms. The average Bonchev–Trinajstić information content (AvgIpc) is 2.41. The number of nitrogens with zero attached hydrogens (tertiary/aromatic N) is 2. The summed E-state index contributed by atoms with van der Waals surface area (Å²) >= 11 is 0. The molecule has 18 heavy (non-hydrogen) atoms. The summed E-state index contributed by atoms with van der Waals surface area (Å²) in [6, 6.07) is 4.19. The van der Waals surface area contributed by atoms with Gasteiger partial charge in [0.05, 0.1) is 0 Å². The smallest absolute Gasteiger partial charge is 0.128 e. The fraction of sp³-hybridized carbons (Fsp3) is 0.533. The molecule has 0 bridgehead atoms. The van der Waals surface area contributed by atoms with Gasteiger partial charge in [0.1, 0.15) is 5.82 Å². The van der Waals surface area contributed by atoms with Crippen LogP contribution in [0.15, 0.2) is 18.3 Å². The number of anilines is 1. The molecule has 96 valence electrons. The summed E-state index contributed by atoms with van der Waals surface area (Å²) in [6.07, 6.45) is 5.45. The predicted molar refractivity (Wildman–Crippen MR) is 80.8 cm³/mol. The van der Waals surface area contributed by atoms with E-state index in [1.165, 1.54) is 12.8 Å². The second kappa shape index (κ2) is 6.76. The second-order valence-corrected chi connectivity index (χ2v) is 5.97. The summed E-state index contributed by atoms with van der Waals surface area (Å²) in [5, 5.41) is 0. The highest BCUT2D eigenvalue weighted by Gasteiger charge is 2.16. The van der Waals surface area contributed by atoms with E-state index < -0.39 is 0 Å². The fourth-order valence-electron chi connectivity index (χ4n) is 2.12. The van der Waals surface area contributed by atoms with E-state index in [1.807, 2.05) is 6.20 Å². The van der Waals surface area contributed by atoms with Crippen LogP contribution in [0.2, 0.25) is 0 Å². The van der Waals surface area contributed by atoms with Gasteiger partial charge >= 0.3 is 0 Å². The van der Waals surface area contributed by atoms with E-state index in [0.29, 0.717) is 0 Å². The number of hydrogen-bond acceptors (Lipinski definition) is 2. The Morgan fingerprint density at radius 2 is 2.17 bits per heavy atom. The van der Waals surface area contributed by atoms with E-state index in [4.69, 9.17) is 0 Å². The molecule has 2 nitrogen and oxygen atoms in total. The van der Waals surface area contributed by atoms with Crippen molar-refractivity contribution in [2.75, 3.05) is 30.8 Å². The Morgan fingerprint density at radius 3 is 2.78 bits per heavy atom. The van der Waals surface area contributed by atoms with Gasteiger partial charge in [-0.05, 0) is 37.6 Å². The van der Waals surface area contributed by atoms with Crippen LogP contribution in [0.5, 0.6) is 0 Å². The molecular weight excluding hydrogens is 239 g/mol. The van der Waals surface area contributed by atoms with Crippen molar-refractivity contribution >= 4 is 14.4 Å². The van der Waals surface area contributed by atoms with Crippen LogP contribution in [0.25, 0.3) is 0 Å². The number of hydrogen-bond donors (Lipinski definition) is 0. The number of rotatable bonds is 2. The summed E-state index contributed by atoms with van der Waals surface area (Å²) in [7, 11) is 0.906. The minimum atomic E-state index is 0.862. The molecule has 0 saturated carbocycles. The van der Waals surface area contributed by atoms with Crippen LogP contribution in [-0.2, 0) is 0 Å². The molecule has 1 aromatic rings. The zero-order valence-electron chi connectivity index (χ0n) is 11.2. The van der Waals surface area contributed by atoms with Crippen LogP contribution in [0, 0.1) is 17.8 Å². The summed E-state index contributed by atoms with van der Waals surface area (Å²) in [6.45, 7) is 6.78. The average molecular weight is 260 g/mol. The first kappa shape index (κ1) is 13.4. The van der Waals surface area contributed by atoms with Crippen LogP contribution in [0.1, 0.15) is 25.3 Å². The van der Waals surface area contributed by atoms with E-state index in [9.17, 15) is 0 Å². The topological polar surface area (TPSA) is 16.1 Å². The Kier molecular flexibility index (Phi) is 5.02. The van der Waals surface area contributed by atoms with Crippen molar-refractivity contribution in [3.05, 3.63) is 23.9 Å². The molecule has 0 N–H and O–H groups in total. The van der Waals surface area contributed by atoms with Crippen molar-refractivity contribution in [3.8, 4) is 11.8 Å². The van der Waals surface area contributed by atoms with E-state index in [2.05, 4.69) is 47.4 Å². The molecule has 1 aromatic heterocycles. The summed E-state index contributed by atoms with van der Waals surface area (Å²) in [5.74, 6) is 8.29. The Morgan fingerprint density at radius 1 is 1.39 bits per heavy atom. The van der Waals surface area contributed by atoms with Crippen LogP contribution in [0.3, 0.4) is 0 Å². The molecular formula is C15H21N2P. The van der Waals surface area contributed by atoms with Gasteiger partial charge in [-0.15, -0.1) is 8.58 Å². The lowest BCUT2D eigenvalue weighted by atomic mass is 9.99. The molecule has 1 unspecified atom stereocenters. The first-order valence-corrected chi connectivity index (χ1v) is 8.35. The van der Waals surface area contributed by atoms with E-state index in [-0.39, 0.29) is 0 Å². The van der Waals surface area contributed by atoms with Crippen molar-refractivity contribution < 1.29 is 0 Å². The number of aromatic nitrogens is 1. The third kappa shape index (κ3) is 3.72.